The average molecular weight is 387 g/mol. The van der Waals surface area contributed by atoms with E-state index in [2.05, 4.69) is 15.9 Å². The van der Waals surface area contributed by atoms with E-state index in [9.17, 15) is 18.0 Å². The van der Waals surface area contributed by atoms with Gasteiger partial charge in [0.25, 0.3) is 0 Å². The number of carboxylic acid groups (broad SMARTS) is 1. The minimum atomic E-state index is -4.52. The predicted octanol–water partition coefficient (Wildman–Crippen LogP) is 3.80. The van der Waals surface area contributed by atoms with Gasteiger partial charge in [-0.15, -0.1) is 0 Å². The largest absolute Gasteiger partial charge is 0.481 e. The van der Waals surface area contributed by atoms with Crippen LogP contribution in [0.4, 0.5) is 13.2 Å². The molecule has 0 saturated carbocycles. The molecule has 1 aliphatic heterocycles. The minimum Gasteiger partial charge on any atom is -0.481 e. The van der Waals surface area contributed by atoms with Crippen LogP contribution in [0.2, 0.25) is 5.02 Å². The van der Waals surface area contributed by atoms with E-state index >= 15 is 0 Å². The summed E-state index contributed by atoms with van der Waals surface area (Å²) >= 11 is 9.29. The molecule has 0 aliphatic carbocycles. The lowest BCUT2D eigenvalue weighted by Crippen LogP contribution is -2.33. The van der Waals surface area contributed by atoms with E-state index in [0.29, 0.717) is 10.6 Å². The molecule has 0 amide bonds. The highest BCUT2D eigenvalue weighted by atomic mass is 79.9. The van der Waals surface area contributed by atoms with E-state index in [4.69, 9.17) is 16.7 Å². The van der Waals surface area contributed by atoms with Crippen molar-refractivity contribution in [2.24, 2.45) is 11.8 Å². The summed E-state index contributed by atoms with van der Waals surface area (Å²) in [4.78, 5) is 12.5. The van der Waals surface area contributed by atoms with Gasteiger partial charge in [-0.05, 0) is 23.8 Å². The third-order valence-electron chi connectivity index (χ3n) is 3.53. The zero-order chi connectivity index (χ0) is 15.8. The molecule has 3 nitrogen and oxygen atoms in total. The maximum Gasteiger partial charge on any atom is 0.393 e. The topological polar surface area (TPSA) is 40.5 Å². The maximum absolute atomic E-state index is 12.9. The first-order valence-electron chi connectivity index (χ1n) is 6.14. The molecule has 1 aromatic rings. The highest BCUT2D eigenvalue weighted by Crippen LogP contribution is 2.38. The van der Waals surface area contributed by atoms with Gasteiger partial charge in [0.1, 0.15) is 0 Å². The fourth-order valence-corrected chi connectivity index (χ4v) is 3.09. The van der Waals surface area contributed by atoms with Crippen LogP contribution < -0.4 is 0 Å². The molecule has 0 aromatic heterocycles. The second-order valence-electron chi connectivity index (χ2n) is 5.02. The maximum atomic E-state index is 12.9. The van der Waals surface area contributed by atoms with E-state index in [1.165, 1.54) is 4.90 Å². The van der Waals surface area contributed by atoms with Gasteiger partial charge in [0.05, 0.1) is 11.8 Å². The van der Waals surface area contributed by atoms with Gasteiger partial charge >= 0.3 is 12.1 Å². The fraction of sp³-hybridized carbons (Fsp3) is 0.462. The molecule has 0 bridgehead atoms. The third kappa shape index (κ3) is 3.90. The van der Waals surface area contributed by atoms with Crippen LogP contribution in [0.1, 0.15) is 5.56 Å². The molecular weight excluding hydrogens is 374 g/mol. The van der Waals surface area contributed by atoms with E-state index in [1.807, 2.05) is 0 Å². The average Bonchev–Trinajstić information content (AvgIpc) is 2.78. The number of alkyl halides is 3. The number of benzene rings is 1. The van der Waals surface area contributed by atoms with E-state index in [-0.39, 0.29) is 19.6 Å². The molecule has 1 saturated heterocycles. The Morgan fingerprint density at radius 1 is 1.43 bits per heavy atom. The molecule has 2 atom stereocenters. The van der Waals surface area contributed by atoms with Crippen LogP contribution in [0.3, 0.4) is 0 Å². The second kappa shape index (κ2) is 6.14. The summed E-state index contributed by atoms with van der Waals surface area (Å²) in [5, 5.41) is 9.41. The smallest absolute Gasteiger partial charge is 0.393 e. The quantitative estimate of drug-likeness (QED) is 0.859. The van der Waals surface area contributed by atoms with Crippen LogP contribution in [0.15, 0.2) is 22.7 Å². The SMILES string of the molecule is O=C(O)[C@@H]1CN(Cc2cc(Br)ccc2Cl)C[C@H]1C(F)(F)F. The Kier molecular flexibility index (Phi) is 4.85. The van der Waals surface area contributed by atoms with Gasteiger partial charge in [0.2, 0.25) is 0 Å². The highest BCUT2D eigenvalue weighted by Gasteiger charge is 2.52. The minimum absolute atomic E-state index is 0.137. The van der Waals surface area contributed by atoms with Crippen LogP contribution >= 0.6 is 27.5 Å². The summed E-state index contributed by atoms with van der Waals surface area (Å²) in [6.07, 6.45) is -4.52. The van der Waals surface area contributed by atoms with Crippen molar-refractivity contribution in [3.8, 4) is 0 Å². The normalized spacial score (nSPS) is 23.5. The van der Waals surface area contributed by atoms with Gasteiger partial charge in [0.15, 0.2) is 0 Å². The molecule has 1 aliphatic rings. The molecule has 8 heteroatoms. The lowest BCUT2D eigenvalue weighted by atomic mass is 9.96. The van der Waals surface area contributed by atoms with E-state index < -0.39 is 24.0 Å². The third-order valence-corrected chi connectivity index (χ3v) is 4.40. The van der Waals surface area contributed by atoms with Crippen LogP contribution in [0.5, 0.6) is 0 Å². The van der Waals surface area contributed by atoms with Crippen molar-refractivity contribution in [1.29, 1.82) is 0 Å². The highest BCUT2D eigenvalue weighted by molar-refractivity contribution is 9.10. The molecule has 0 unspecified atom stereocenters. The number of carbonyl (C=O) groups is 1. The summed E-state index contributed by atoms with van der Waals surface area (Å²) in [5.41, 5.74) is 0.665. The van der Waals surface area contributed by atoms with Gasteiger partial charge in [-0.25, -0.2) is 0 Å². The van der Waals surface area contributed by atoms with Gasteiger partial charge in [-0.3, -0.25) is 9.69 Å². The zero-order valence-electron chi connectivity index (χ0n) is 10.7. The first-order valence-corrected chi connectivity index (χ1v) is 7.31. The van der Waals surface area contributed by atoms with Crippen LogP contribution in [-0.4, -0.2) is 35.2 Å². The molecule has 1 aromatic carbocycles. The van der Waals surface area contributed by atoms with Crippen molar-refractivity contribution in [2.45, 2.75) is 12.7 Å². The number of aliphatic carboxylic acids is 1. The summed E-state index contributed by atoms with van der Waals surface area (Å²) in [6, 6.07) is 5.10. The van der Waals surface area contributed by atoms with E-state index in [0.717, 1.165) is 4.47 Å². The molecular formula is C13H12BrClF3NO2. The second-order valence-corrected chi connectivity index (χ2v) is 6.35. The monoisotopic (exact) mass is 385 g/mol. The van der Waals surface area contributed by atoms with Crippen molar-refractivity contribution in [3.05, 3.63) is 33.3 Å². The van der Waals surface area contributed by atoms with Crippen molar-refractivity contribution < 1.29 is 23.1 Å². The Balaban J connectivity index is 2.16. The lowest BCUT2D eigenvalue weighted by Gasteiger charge is -2.18. The molecule has 2 rings (SSSR count). The first-order chi connectivity index (χ1) is 9.68. The van der Waals surface area contributed by atoms with E-state index in [1.54, 1.807) is 18.2 Å². The molecule has 1 N–H and O–H groups in total. The standard InChI is InChI=1S/C13H12BrClF3NO2/c14-8-1-2-11(15)7(3-8)4-19-5-9(12(20)21)10(6-19)13(16,17)18/h1-3,9-10H,4-6H2,(H,20,21)/t9-,10-/m1/s1. The first kappa shape index (κ1) is 16.6. The predicted molar refractivity (Wildman–Crippen MR) is 75.1 cm³/mol. The van der Waals surface area contributed by atoms with Crippen molar-refractivity contribution >= 4 is 33.5 Å². The molecule has 21 heavy (non-hydrogen) atoms. The number of rotatable bonds is 3. The molecule has 0 radical (unpaired) electrons. The molecule has 1 heterocycles. The summed E-state index contributed by atoms with van der Waals surface area (Å²) in [6.45, 7) is -0.277. The Hall–Kier alpha value is -0.790. The molecule has 116 valence electrons. The van der Waals surface area contributed by atoms with Crippen molar-refractivity contribution in [1.82, 2.24) is 4.90 Å². The van der Waals surface area contributed by atoms with Crippen molar-refractivity contribution in [2.75, 3.05) is 13.1 Å². The number of hydrogen-bond donors (Lipinski definition) is 1. The number of carboxylic acids is 1. The van der Waals surface area contributed by atoms with Crippen LogP contribution in [-0.2, 0) is 11.3 Å². The number of halogens is 5. The molecule has 1 fully saturated rings. The lowest BCUT2D eigenvalue weighted by molar-refractivity contribution is -0.188. The molecule has 0 spiro atoms. The Labute approximate surface area is 132 Å². The Morgan fingerprint density at radius 3 is 2.62 bits per heavy atom. The summed E-state index contributed by atoms with van der Waals surface area (Å²) in [7, 11) is 0. The van der Waals surface area contributed by atoms with Crippen LogP contribution in [0, 0.1) is 11.8 Å². The number of likely N-dealkylation sites (tertiary alicyclic amines) is 1. The fourth-order valence-electron chi connectivity index (χ4n) is 2.50. The Morgan fingerprint density at radius 2 is 2.10 bits per heavy atom. The number of hydrogen-bond acceptors (Lipinski definition) is 2. The van der Waals surface area contributed by atoms with Gasteiger partial charge < -0.3 is 5.11 Å². The summed E-state index contributed by atoms with van der Waals surface area (Å²) in [5.74, 6) is -4.70. The van der Waals surface area contributed by atoms with Gasteiger partial charge in [0, 0.05) is 29.1 Å². The Bertz CT molecular complexity index is 553. The van der Waals surface area contributed by atoms with Gasteiger partial charge in [-0.1, -0.05) is 27.5 Å². The number of nitrogens with zero attached hydrogens (tertiary/aromatic N) is 1. The van der Waals surface area contributed by atoms with Gasteiger partial charge in [-0.2, -0.15) is 13.2 Å². The zero-order valence-corrected chi connectivity index (χ0v) is 13.0. The van der Waals surface area contributed by atoms with Crippen molar-refractivity contribution in [3.63, 3.8) is 0 Å². The van der Waals surface area contributed by atoms with Crippen LogP contribution in [0.25, 0.3) is 0 Å². The summed E-state index contributed by atoms with van der Waals surface area (Å²) < 4.78 is 39.5.